The number of amides is 2. The topological polar surface area (TPSA) is 84.2 Å². The number of hydrogen-bond donors (Lipinski definition) is 3. The second-order valence-electron chi connectivity index (χ2n) is 4.56. The molecular weight excluding hydrogens is 242 g/mol. The van der Waals surface area contributed by atoms with Crippen LogP contribution in [0.2, 0.25) is 0 Å². The highest BCUT2D eigenvalue weighted by Crippen LogP contribution is 2.13. The first-order chi connectivity index (χ1) is 8.99. The van der Waals surface area contributed by atoms with Crippen LogP contribution in [0.4, 0.5) is 5.69 Å². The molecule has 2 amide bonds. The third kappa shape index (κ3) is 4.06. The predicted octanol–water partition coefficient (Wildman–Crippen LogP) is 1.36. The number of rotatable bonds is 5. The quantitative estimate of drug-likeness (QED) is 0.750. The molecule has 0 aliphatic heterocycles. The van der Waals surface area contributed by atoms with Gasteiger partial charge in [0.05, 0.1) is 6.04 Å². The molecule has 0 aliphatic carbocycles. The van der Waals surface area contributed by atoms with Crippen molar-refractivity contribution in [3.8, 4) is 0 Å². The number of anilines is 1. The minimum absolute atomic E-state index is 0.113. The zero-order valence-electron chi connectivity index (χ0n) is 11.6. The first kappa shape index (κ1) is 15.2. The zero-order valence-corrected chi connectivity index (χ0v) is 11.6. The summed E-state index contributed by atoms with van der Waals surface area (Å²) in [5.41, 5.74) is 6.92. The lowest BCUT2D eigenvalue weighted by molar-refractivity contribution is -0.118. The fraction of sp³-hybridized carbons (Fsp3) is 0.429. The van der Waals surface area contributed by atoms with E-state index in [9.17, 15) is 9.59 Å². The monoisotopic (exact) mass is 263 g/mol. The average molecular weight is 263 g/mol. The fourth-order valence-corrected chi connectivity index (χ4v) is 1.62. The summed E-state index contributed by atoms with van der Waals surface area (Å²) in [5, 5.41) is 5.27. The maximum atomic E-state index is 11.9. The Balaban J connectivity index is 2.77. The Labute approximate surface area is 113 Å². The standard InChI is InChI=1S/C14H21N3O2/c1-4-9(2)12(15)14(19)17-11-7-5-6-10(8-11)13(18)16-3/h5-9,12H,4,15H2,1-3H3,(H,16,18)(H,17,19). The molecule has 0 fully saturated rings. The Morgan fingerprint density at radius 3 is 2.63 bits per heavy atom. The van der Waals surface area contributed by atoms with Crippen LogP contribution in [0.1, 0.15) is 30.6 Å². The molecule has 5 nitrogen and oxygen atoms in total. The number of benzene rings is 1. The molecule has 5 heteroatoms. The van der Waals surface area contributed by atoms with E-state index in [1.807, 2.05) is 13.8 Å². The molecule has 0 radical (unpaired) electrons. The van der Waals surface area contributed by atoms with Crippen molar-refractivity contribution in [1.82, 2.24) is 5.32 Å². The van der Waals surface area contributed by atoms with E-state index >= 15 is 0 Å². The Bertz CT molecular complexity index is 460. The summed E-state index contributed by atoms with van der Waals surface area (Å²) in [5.74, 6) is -0.312. The minimum Gasteiger partial charge on any atom is -0.355 e. The molecule has 1 aromatic carbocycles. The molecule has 104 valence electrons. The van der Waals surface area contributed by atoms with Gasteiger partial charge < -0.3 is 16.4 Å². The minimum atomic E-state index is -0.548. The van der Waals surface area contributed by atoms with Gasteiger partial charge in [-0.2, -0.15) is 0 Å². The normalized spacial score (nSPS) is 13.5. The Morgan fingerprint density at radius 2 is 2.05 bits per heavy atom. The van der Waals surface area contributed by atoms with Crippen LogP contribution in [-0.2, 0) is 4.79 Å². The van der Waals surface area contributed by atoms with Gasteiger partial charge >= 0.3 is 0 Å². The van der Waals surface area contributed by atoms with Gasteiger partial charge in [0.2, 0.25) is 5.91 Å². The van der Waals surface area contributed by atoms with Gasteiger partial charge in [-0.05, 0) is 24.1 Å². The van der Waals surface area contributed by atoms with Gasteiger partial charge in [0.15, 0.2) is 0 Å². The fourth-order valence-electron chi connectivity index (χ4n) is 1.62. The predicted molar refractivity (Wildman–Crippen MR) is 75.9 cm³/mol. The molecule has 1 rings (SSSR count). The Kier molecular flexibility index (Phi) is 5.51. The van der Waals surface area contributed by atoms with Crippen LogP contribution >= 0.6 is 0 Å². The lowest BCUT2D eigenvalue weighted by atomic mass is 9.99. The van der Waals surface area contributed by atoms with Gasteiger partial charge in [0.1, 0.15) is 0 Å². The van der Waals surface area contributed by atoms with E-state index in [1.165, 1.54) is 0 Å². The second-order valence-corrected chi connectivity index (χ2v) is 4.56. The summed E-state index contributed by atoms with van der Waals surface area (Å²) in [6, 6.07) is 6.21. The summed E-state index contributed by atoms with van der Waals surface area (Å²) in [6.45, 7) is 3.93. The second kappa shape index (κ2) is 6.89. The molecule has 19 heavy (non-hydrogen) atoms. The summed E-state index contributed by atoms with van der Waals surface area (Å²) in [7, 11) is 1.56. The van der Waals surface area contributed by atoms with Crippen molar-refractivity contribution in [2.45, 2.75) is 26.3 Å². The number of nitrogens with one attached hydrogen (secondary N) is 2. The van der Waals surface area contributed by atoms with Crippen LogP contribution in [-0.4, -0.2) is 24.9 Å². The molecular formula is C14H21N3O2. The summed E-state index contributed by atoms with van der Waals surface area (Å²) in [4.78, 5) is 23.4. The molecule has 0 spiro atoms. The van der Waals surface area contributed by atoms with E-state index in [4.69, 9.17) is 5.73 Å². The van der Waals surface area contributed by atoms with Crippen LogP contribution < -0.4 is 16.4 Å². The van der Waals surface area contributed by atoms with Gasteiger partial charge in [-0.15, -0.1) is 0 Å². The summed E-state index contributed by atoms with van der Waals surface area (Å²) < 4.78 is 0. The SMILES string of the molecule is CCC(C)C(N)C(=O)Nc1cccc(C(=O)NC)c1. The number of carbonyl (C=O) groups is 2. The highest BCUT2D eigenvalue weighted by molar-refractivity contribution is 5.98. The van der Waals surface area contributed by atoms with Crippen molar-refractivity contribution in [3.05, 3.63) is 29.8 Å². The highest BCUT2D eigenvalue weighted by atomic mass is 16.2. The molecule has 0 saturated heterocycles. The van der Waals surface area contributed by atoms with Crippen molar-refractivity contribution in [2.75, 3.05) is 12.4 Å². The summed E-state index contributed by atoms with van der Waals surface area (Å²) >= 11 is 0. The third-order valence-electron chi connectivity index (χ3n) is 3.18. The first-order valence-electron chi connectivity index (χ1n) is 6.38. The molecule has 0 saturated carbocycles. The van der Waals surface area contributed by atoms with Gasteiger partial charge in [-0.1, -0.05) is 26.3 Å². The van der Waals surface area contributed by atoms with Crippen molar-refractivity contribution in [2.24, 2.45) is 11.7 Å². The molecule has 0 bridgehead atoms. The van der Waals surface area contributed by atoms with Crippen molar-refractivity contribution < 1.29 is 9.59 Å². The van der Waals surface area contributed by atoms with Gasteiger partial charge in [-0.3, -0.25) is 9.59 Å². The van der Waals surface area contributed by atoms with Crippen LogP contribution in [0.15, 0.2) is 24.3 Å². The Hall–Kier alpha value is -1.88. The lowest BCUT2D eigenvalue weighted by Gasteiger charge is -2.17. The van der Waals surface area contributed by atoms with Gasteiger partial charge in [0.25, 0.3) is 5.91 Å². The van der Waals surface area contributed by atoms with Crippen LogP contribution in [0.3, 0.4) is 0 Å². The maximum absolute atomic E-state index is 11.9. The average Bonchev–Trinajstić information content (AvgIpc) is 2.44. The molecule has 2 unspecified atom stereocenters. The van der Waals surface area contributed by atoms with E-state index in [-0.39, 0.29) is 17.7 Å². The number of nitrogens with two attached hydrogens (primary N) is 1. The Morgan fingerprint density at radius 1 is 1.37 bits per heavy atom. The molecule has 0 heterocycles. The van der Waals surface area contributed by atoms with Gasteiger partial charge in [0, 0.05) is 18.3 Å². The molecule has 0 aliphatic rings. The highest BCUT2D eigenvalue weighted by Gasteiger charge is 2.19. The van der Waals surface area contributed by atoms with Crippen molar-refractivity contribution >= 4 is 17.5 Å². The first-order valence-corrected chi connectivity index (χ1v) is 6.38. The molecule has 4 N–H and O–H groups in total. The largest absolute Gasteiger partial charge is 0.355 e. The smallest absolute Gasteiger partial charge is 0.251 e. The lowest BCUT2D eigenvalue weighted by Crippen LogP contribution is -2.40. The molecule has 0 aromatic heterocycles. The van der Waals surface area contributed by atoms with Crippen LogP contribution in [0, 0.1) is 5.92 Å². The molecule has 1 aromatic rings. The van der Waals surface area contributed by atoms with Crippen molar-refractivity contribution in [3.63, 3.8) is 0 Å². The van der Waals surface area contributed by atoms with E-state index in [0.717, 1.165) is 6.42 Å². The zero-order chi connectivity index (χ0) is 14.4. The third-order valence-corrected chi connectivity index (χ3v) is 3.18. The van der Waals surface area contributed by atoms with Gasteiger partial charge in [-0.25, -0.2) is 0 Å². The van der Waals surface area contributed by atoms with Crippen LogP contribution in [0.5, 0.6) is 0 Å². The van der Waals surface area contributed by atoms with E-state index in [1.54, 1.807) is 31.3 Å². The number of carbonyl (C=O) groups excluding carboxylic acids is 2. The number of hydrogen-bond acceptors (Lipinski definition) is 3. The van der Waals surface area contributed by atoms with E-state index in [2.05, 4.69) is 10.6 Å². The summed E-state index contributed by atoms with van der Waals surface area (Å²) in [6.07, 6.45) is 0.840. The van der Waals surface area contributed by atoms with Crippen molar-refractivity contribution in [1.29, 1.82) is 0 Å². The molecule has 2 atom stereocenters. The van der Waals surface area contributed by atoms with E-state index < -0.39 is 6.04 Å². The maximum Gasteiger partial charge on any atom is 0.251 e. The van der Waals surface area contributed by atoms with Crippen LogP contribution in [0.25, 0.3) is 0 Å². The van der Waals surface area contributed by atoms with E-state index in [0.29, 0.717) is 11.3 Å².